The first-order valence-corrected chi connectivity index (χ1v) is 11.0. The largest absolute Gasteiger partial charge is 0.462 e. The number of halogens is 3. The van der Waals surface area contributed by atoms with Gasteiger partial charge in [-0.3, -0.25) is 9.36 Å². The topological polar surface area (TPSA) is 87.9 Å². The standard InChI is InChI=1S/C24H25F3N4O4/c1-4-35-23(33)16-11-31(19-6-5-14(25)9-17(19)26)21-15(20(16)32)10-18(27)22(28-21)30-8-7-24(34,13-30)12-29(2)3/h5-6,9-11,34H,4,7-8,12-13H2,1-3H3. The Labute approximate surface area is 199 Å². The van der Waals surface area contributed by atoms with E-state index < -0.39 is 40.0 Å². The molecule has 0 amide bonds. The number of anilines is 1. The van der Waals surface area contributed by atoms with E-state index in [1.54, 1.807) is 11.8 Å². The quantitative estimate of drug-likeness (QED) is 0.532. The normalized spacial score (nSPS) is 18.0. The Morgan fingerprint density at radius 3 is 2.63 bits per heavy atom. The molecule has 1 unspecified atom stereocenters. The minimum atomic E-state index is -1.09. The smallest absolute Gasteiger partial charge is 0.343 e. The van der Waals surface area contributed by atoms with E-state index in [2.05, 4.69) is 4.98 Å². The number of ether oxygens (including phenoxy) is 1. The number of aromatic nitrogens is 2. The number of hydrogen-bond donors (Lipinski definition) is 1. The van der Waals surface area contributed by atoms with Crippen LogP contribution < -0.4 is 10.3 Å². The third-order valence-corrected chi connectivity index (χ3v) is 5.82. The first kappa shape index (κ1) is 24.7. The van der Waals surface area contributed by atoms with Crippen LogP contribution in [-0.2, 0) is 4.74 Å². The van der Waals surface area contributed by atoms with Gasteiger partial charge in [0.05, 0.1) is 23.3 Å². The maximum absolute atomic E-state index is 15.2. The summed E-state index contributed by atoms with van der Waals surface area (Å²) >= 11 is 0. The number of carbonyl (C=O) groups is 1. The number of aliphatic hydroxyl groups is 1. The summed E-state index contributed by atoms with van der Waals surface area (Å²) in [6.45, 7) is 2.29. The van der Waals surface area contributed by atoms with Gasteiger partial charge in [-0.15, -0.1) is 0 Å². The van der Waals surface area contributed by atoms with Crippen LogP contribution in [-0.4, -0.2) is 71.5 Å². The Morgan fingerprint density at radius 1 is 1.23 bits per heavy atom. The minimum Gasteiger partial charge on any atom is -0.462 e. The highest BCUT2D eigenvalue weighted by atomic mass is 19.1. The van der Waals surface area contributed by atoms with Crippen LogP contribution in [0.2, 0.25) is 0 Å². The highest BCUT2D eigenvalue weighted by Crippen LogP contribution is 2.30. The third-order valence-electron chi connectivity index (χ3n) is 5.82. The molecule has 0 aliphatic carbocycles. The summed E-state index contributed by atoms with van der Waals surface area (Å²) in [5, 5.41) is 10.6. The molecule has 1 aliphatic rings. The van der Waals surface area contributed by atoms with Gasteiger partial charge in [-0.2, -0.15) is 0 Å². The van der Waals surface area contributed by atoms with Gasteiger partial charge in [0.15, 0.2) is 17.3 Å². The Kier molecular flexibility index (Phi) is 6.56. The van der Waals surface area contributed by atoms with E-state index in [4.69, 9.17) is 4.74 Å². The van der Waals surface area contributed by atoms with Crippen LogP contribution >= 0.6 is 0 Å². The van der Waals surface area contributed by atoms with Crippen LogP contribution in [0.25, 0.3) is 16.7 Å². The van der Waals surface area contributed by atoms with Crippen molar-refractivity contribution in [1.82, 2.24) is 14.5 Å². The average molecular weight is 490 g/mol. The molecular formula is C24H25F3N4O4. The fourth-order valence-corrected chi connectivity index (χ4v) is 4.41. The van der Waals surface area contributed by atoms with Gasteiger partial charge >= 0.3 is 5.97 Å². The summed E-state index contributed by atoms with van der Waals surface area (Å²) in [5.74, 6) is -3.73. The van der Waals surface area contributed by atoms with Crippen LogP contribution in [0.1, 0.15) is 23.7 Å². The molecule has 0 spiro atoms. The van der Waals surface area contributed by atoms with E-state index in [-0.39, 0.29) is 35.7 Å². The number of hydrogen-bond acceptors (Lipinski definition) is 7. The second kappa shape index (κ2) is 9.31. The highest BCUT2D eigenvalue weighted by Gasteiger charge is 2.38. The lowest BCUT2D eigenvalue weighted by atomic mass is 10.0. The van der Waals surface area contributed by atoms with Gasteiger partial charge in [-0.25, -0.2) is 22.9 Å². The molecule has 4 rings (SSSR count). The fraction of sp³-hybridized carbons (Fsp3) is 0.375. The van der Waals surface area contributed by atoms with Crippen LogP contribution in [0, 0.1) is 17.5 Å². The van der Waals surface area contributed by atoms with Crippen molar-refractivity contribution in [2.75, 3.05) is 45.2 Å². The van der Waals surface area contributed by atoms with Crippen molar-refractivity contribution >= 4 is 22.8 Å². The van der Waals surface area contributed by atoms with Crippen molar-refractivity contribution in [2.45, 2.75) is 18.9 Å². The zero-order valence-electron chi connectivity index (χ0n) is 19.5. The van der Waals surface area contributed by atoms with E-state index in [0.29, 0.717) is 25.6 Å². The van der Waals surface area contributed by atoms with Gasteiger partial charge in [-0.1, -0.05) is 0 Å². The summed E-state index contributed by atoms with van der Waals surface area (Å²) in [4.78, 5) is 33.1. The molecule has 0 saturated carbocycles. The van der Waals surface area contributed by atoms with E-state index in [1.165, 1.54) is 0 Å². The molecule has 2 aromatic heterocycles. The molecule has 1 N–H and O–H groups in total. The molecule has 0 bridgehead atoms. The van der Waals surface area contributed by atoms with E-state index in [0.717, 1.165) is 29.0 Å². The van der Waals surface area contributed by atoms with Gasteiger partial charge in [0, 0.05) is 31.9 Å². The number of fused-ring (bicyclic) bond motifs is 1. The van der Waals surface area contributed by atoms with E-state index >= 15 is 4.39 Å². The molecule has 186 valence electrons. The first-order chi connectivity index (χ1) is 16.5. The summed E-state index contributed by atoms with van der Waals surface area (Å²) < 4.78 is 49.6. The summed E-state index contributed by atoms with van der Waals surface area (Å²) in [7, 11) is 3.62. The van der Waals surface area contributed by atoms with Crippen molar-refractivity contribution in [3.63, 3.8) is 0 Å². The van der Waals surface area contributed by atoms with Crippen molar-refractivity contribution < 1.29 is 27.8 Å². The molecule has 35 heavy (non-hydrogen) atoms. The zero-order chi connectivity index (χ0) is 25.5. The number of esters is 1. The molecule has 11 heteroatoms. The van der Waals surface area contributed by atoms with Gasteiger partial charge in [-0.05, 0) is 45.6 Å². The Bertz CT molecular complexity index is 1360. The average Bonchev–Trinajstić information content (AvgIpc) is 3.15. The molecule has 3 aromatic rings. The maximum Gasteiger partial charge on any atom is 0.343 e. The zero-order valence-corrected chi connectivity index (χ0v) is 19.5. The number of likely N-dealkylation sites (N-methyl/N-ethyl adjacent to an activating group) is 1. The molecule has 1 aromatic carbocycles. The summed E-state index contributed by atoms with van der Waals surface area (Å²) in [5.41, 5.74) is -2.70. The Hall–Kier alpha value is -3.44. The van der Waals surface area contributed by atoms with Gasteiger partial charge in [0.2, 0.25) is 5.43 Å². The van der Waals surface area contributed by atoms with Crippen molar-refractivity contribution in [1.29, 1.82) is 0 Å². The predicted molar refractivity (Wildman–Crippen MR) is 124 cm³/mol. The fourth-order valence-electron chi connectivity index (χ4n) is 4.41. The number of benzene rings is 1. The van der Waals surface area contributed by atoms with E-state index in [1.807, 2.05) is 19.0 Å². The summed E-state index contributed by atoms with van der Waals surface area (Å²) in [6.07, 6.45) is 1.42. The lowest BCUT2D eigenvalue weighted by Gasteiger charge is -2.27. The second-order valence-corrected chi connectivity index (χ2v) is 8.86. The molecule has 8 nitrogen and oxygen atoms in total. The third kappa shape index (κ3) is 4.73. The maximum atomic E-state index is 15.2. The molecule has 3 heterocycles. The van der Waals surface area contributed by atoms with Crippen molar-refractivity contribution in [2.24, 2.45) is 0 Å². The molecular weight excluding hydrogens is 465 g/mol. The number of nitrogens with zero attached hydrogens (tertiary/aromatic N) is 4. The van der Waals surface area contributed by atoms with Crippen molar-refractivity contribution in [3.8, 4) is 5.69 Å². The highest BCUT2D eigenvalue weighted by molar-refractivity contribution is 5.94. The molecule has 1 fully saturated rings. The van der Waals surface area contributed by atoms with Gasteiger partial charge < -0.3 is 19.6 Å². The van der Waals surface area contributed by atoms with Gasteiger partial charge in [0.25, 0.3) is 0 Å². The monoisotopic (exact) mass is 490 g/mol. The van der Waals surface area contributed by atoms with Crippen LogP contribution in [0.3, 0.4) is 0 Å². The number of pyridine rings is 2. The lowest BCUT2D eigenvalue weighted by Crippen LogP contribution is -2.42. The predicted octanol–water partition coefficient (Wildman–Crippen LogP) is 2.48. The number of β-amino-alcohol motifs (C(OH)–C–C–N with tert-alkyl or cyclic N) is 1. The lowest BCUT2D eigenvalue weighted by molar-refractivity contribution is 0.0365. The minimum absolute atomic E-state index is 0.0163. The van der Waals surface area contributed by atoms with Crippen LogP contribution in [0.15, 0.2) is 35.3 Å². The number of rotatable bonds is 6. The number of carbonyl (C=O) groups excluding carboxylic acids is 1. The molecule has 1 saturated heterocycles. The Morgan fingerprint density at radius 2 is 1.97 bits per heavy atom. The van der Waals surface area contributed by atoms with Crippen LogP contribution in [0.4, 0.5) is 19.0 Å². The SMILES string of the molecule is CCOC(=O)c1cn(-c2ccc(F)cc2F)c2nc(N3CCC(O)(CN(C)C)C3)c(F)cc2c1=O. The van der Waals surface area contributed by atoms with E-state index in [9.17, 15) is 23.5 Å². The Balaban J connectivity index is 1.93. The molecule has 1 aliphatic heterocycles. The van der Waals surface area contributed by atoms with Crippen LogP contribution in [0.5, 0.6) is 0 Å². The summed E-state index contributed by atoms with van der Waals surface area (Å²) in [6, 6.07) is 3.72. The van der Waals surface area contributed by atoms with Gasteiger partial charge in [0.1, 0.15) is 17.2 Å². The first-order valence-electron chi connectivity index (χ1n) is 11.0. The van der Waals surface area contributed by atoms with Crippen molar-refractivity contribution in [3.05, 3.63) is 63.7 Å². The molecule has 0 radical (unpaired) electrons. The second-order valence-electron chi connectivity index (χ2n) is 8.86. The molecule has 1 atom stereocenters.